The lowest BCUT2D eigenvalue weighted by atomic mass is 10.0. The Morgan fingerprint density at radius 3 is 2.82 bits per heavy atom. The van der Waals surface area contributed by atoms with E-state index in [1.54, 1.807) is 0 Å². The van der Waals surface area contributed by atoms with Crippen LogP contribution < -0.4 is 5.32 Å². The van der Waals surface area contributed by atoms with Gasteiger partial charge in [-0.05, 0) is 24.6 Å². The molecule has 2 nitrogen and oxygen atoms in total. The van der Waals surface area contributed by atoms with Crippen molar-refractivity contribution in [2.45, 2.75) is 12.5 Å². The third kappa shape index (κ3) is 1.70. The molecule has 0 spiro atoms. The molecule has 0 aliphatic carbocycles. The Morgan fingerprint density at radius 1 is 1.55 bits per heavy atom. The number of hydrogen-bond acceptors (Lipinski definition) is 2. The van der Waals surface area contributed by atoms with Gasteiger partial charge >= 0.3 is 0 Å². The zero-order chi connectivity index (χ0) is 6.81. The topological polar surface area (TPSA) is 24.9 Å². The van der Waals surface area contributed by atoms with E-state index in [2.05, 4.69) is 16.4 Å². The minimum atomic E-state index is 0. The maximum absolute atomic E-state index is 4.05. The van der Waals surface area contributed by atoms with Crippen LogP contribution in [0, 0.1) is 0 Å². The molecule has 0 bridgehead atoms. The number of halogens is 1. The summed E-state index contributed by atoms with van der Waals surface area (Å²) < 4.78 is 0. The highest BCUT2D eigenvalue weighted by molar-refractivity contribution is 5.85. The first kappa shape index (κ1) is 8.50. The number of nitrogens with one attached hydrogen (secondary N) is 1. The molecule has 60 valence electrons. The fourth-order valence-corrected chi connectivity index (χ4v) is 1.16. The monoisotopic (exact) mass is 170 g/mol. The molecule has 3 heteroatoms. The van der Waals surface area contributed by atoms with Gasteiger partial charge < -0.3 is 5.32 Å². The van der Waals surface area contributed by atoms with E-state index < -0.39 is 0 Å². The van der Waals surface area contributed by atoms with Gasteiger partial charge in [-0.3, -0.25) is 4.98 Å². The Morgan fingerprint density at radius 2 is 2.36 bits per heavy atom. The highest BCUT2D eigenvalue weighted by Crippen LogP contribution is 2.20. The summed E-state index contributed by atoms with van der Waals surface area (Å²) in [6, 6.07) is 4.67. The molecule has 1 atom stereocenters. The zero-order valence-electron chi connectivity index (χ0n) is 6.16. The van der Waals surface area contributed by atoms with Crippen LogP contribution in [-0.4, -0.2) is 11.5 Å². The van der Waals surface area contributed by atoms with Crippen LogP contribution in [-0.2, 0) is 0 Å². The van der Waals surface area contributed by atoms with Crippen molar-refractivity contribution in [2.75, 3.05) is 6.54 Å². The van der Waals surface area contributed by atoms with Gasteiger partial charge in [0.15, 0.2) is 0 Å². The second-order valence-electron chi connectivity index (χ2n) is 2.58. The minimum absolute atomic E-state index is 0. The Bertz CT molecular complexity index is 209. The normalized spacial score (nSPS) is 21.6. The van der Waals surface area contributed by atoms with E-state index in [0.717, 1.165) is 6.54 Å². The van der Waals surface area contributed by atoms with Crippen LogP contribution in [0.3, 0.4) is 0 Å². The smallest absolute Gasteiger partial charge is 0.0347 e. The molecule has 1 saturated heterocycles. The third-order valence-electron chi connectivity index (χ3n) is 1.91. The number of rotatable bonds is 1. The predicted molar refractivity (Wildman–Crippen MR) is 46.8 cm³/mol. The molecular weight excluding hydrogens is 160 g/mol. The highest BCUT2D eigenvalue weighted by atomic mass is 35.5. The molecule has 1 aliphatic rings. The molecule has 2 rings (SSSR count). The first-order valence-corrected chi connectivity index (χ1v) is 3.60. The van der Waals surface area contributed by atoms with Crippen molar-refractivity contribution in [3.05, 3.63) is 30.1 Å². The standard InChI is InChI=1S/C8H10N2.ClH/c1-2-7(6-9-4-1)8-3-5-10-8;/h1-2,4,6,8,10H,3,5H2;1H/t8-;/m1./s1. The fourth-order valence-electron chi connectivity index (χ4n) is 1.16. The number of aromatic nitrogens is 1. The third-order valence-corrected chi connectivity index (χ3v) is 1.91. The number of pyridine rings is 1. The summed E-state index contributed by atoms with van der Waals surface area (Å²) in [5.74, 6) is 0. The van der Waals surface area contributed by atoms with E-state index in [1.807, 2.05) is 18.5 Å². The molecule has 1 aliphatic heterocycles. The quantitative estimate of drug-likeness (QED) is 0.692. The fraction of sp³-hybridized carbons (Fsp3) is 0.375. The Balaban J connectivity index is 0.000000605. The minimum Gasteiger partial charge on any atom is -0.310 e. The largest absolute Gasteiger partial charge is 0.310 e. The molecule has 0 amide bonds. The lowest BCUT2D eigenvalue weighted by Gasteiger charge is -2.27. The van der Waals surface area contributed by atoms with E-state index >= 15 is 0 Å². The number of nitrogens with zero attached hydrogens (tertiary/aromatic N) is 1. The van der Waals surface area contributed by atoms with Crippen LogP contribution in [0.5, 0.6) is 0 Å². The summed E-state index contributed by atoms with van der Waals surface area (Å²) in [5, 5.41) is 3.32. The van der Waals surface area contributed by atoms with Crippen LogP contribution in [0.2, 0.25) is 0 Å². The molecule has 2 heterocycles. The molecule has 1 aromatic heterocycles. The lowest BCUT2D eigenvalue weighted by molar-refractivity contribution is 0.382. The average molecular weight is 171 g/mol. The van der Waals surface area contributed by atoms with Gasteiger partial charge in [0.25, 0.3) is 0 Å². The van der Waals surface area contributed by atoms with Gasteiger partial charge in [-0.1, -0.05) is 6.07 Å². The first-order valence-electron chi connectivity index (χ1n) is 3.60. The van der Waals surface area contributed by atoms with Crippen LogP contribution in [0.1, 0.15) is 18.0 Å². The van der Waals surface area contributed by atoms with E-state index in [1.165, 1.54) is 12.0 Å². The van der Waals surface area contributed by atoms with Gasteiger partial charge in [0.1, 0.15) is 0 Å². The van der Waals surface area contributed by atoms with Gasteiger partial charge in [0, 0.05) is 18.4 Å². The molecule has 11 heavy (non-hydrogen) atoms. The summed E-state index contributed by atoms with van der Waals surface area (Å²) in [5.41, 5.74) is 1.31. The summed E-state index contributed by atoms with van der Waals surface area (Å²) >= 11 is 0. The Hall–Kier alpha value is -0.600. The second kappa shape index (κ2) is 3.69. The summed E-state index contributed by atoms with van der Waals surface area (Å²) in [6.07, 6.45) is 4.99. The van der Waals surface area contributed by atoms with Crippen molar-refractivity contribution in [3.63, 3.8) is 0 Å². The molecule has 0 aromatic carbocycles. The van der Waals surface area contributed by atoms with E-state index in [4.69, 9.17) is 0 Å². The van der Waals surface area contributed by atoms with E-state index in [9.17, 15) is 0 Å². The predicted octanol–water partition coefficient (Wildman–Crippen LogP) is 1.54. The van der Waals surface area contributed by atoms with Crippen LogP contribution in [0.25, 0.3) is 0 Å². The van der Waals surface area contributed by atoms with Crippen molar-refractivity contribution >= 4 is 12.4 Å². The molecule has 0 unspecified atom stereocenters. The maximum Gasteiger partial charge on any atom is 0.0347 e. The van der Waals surface area contributed by atoms with Crippen molar-refractivity contribution in [3.8, 4) is 0 Å². The average Bonchev–Trinajstić information content (AvgIpc) is 1.86. The Labute approximate surface area is 72.4 Å². The van der Waals surface area contributed by atoms with Crippen molar-refractivity contribution in [1.82, 2.24) is 10.3 Å². The molecule has 0 radical (unpaired) electrons. The van der Waals surface area contributed by atoms with Crippen LogP contribution in [0.15, 0.2) is 24.5 Å². The van der Waals surface area contributed by atoms with Gasteiger partial charge in [0.05, 0.1) is 0 Å². The van der Waals surface area contributed by atoms with Crippen molar-refractivity contribution in [2.24, 2.45) is 0 Å². The highest BCUT2D eigenvalue weighted by Gasteiger charge is 2.17. The van der Waals surface area contributed by atoms with Crippen LogP contribution >= 0.6 is 12.4 Å². The van der Waals surface area contributed by atoms with Crippen LogP contribution in [0.4, 0.5) is 0 Å². The Kier molecular flexibility index (Phi) is 2.85. The lowest BCUT2D eigenvalue weighted by Crippen LogP contribution is -2.34. The van der Waals surface area contributed by atoms with Gasteiger partial charge in [-0.2, -0.15) is 0 Å². The molecule has 0 saturated carbocycles. The second-order valence-corrected chi connectivity index (χ2v) is 2.58. The molecule has 1 fully saturated rings. The molecule has 1 aromatic rings. The van der Waals surface area contributed by atoms with E-state index in [-0.39, 0.29) is 12.4 Å². The zero-order valence-corrected chi connectivity index (χ0v) is 6.97. The van der Waals surface area contributed by atoms with Gasteiger partial charge in [0.2, 0.25) is 0 Å². The van der Waals surface area contributed by atoms with Gasteiger partial charge in [-0.25, -0.2) is 0 Å². The summed E-state index contributed by atoms with van der Waals surface area (Å²) in [4.78, 5) is 4.05. The van der Waals surface area contributed by atoms with Crippen molar-refractivity contribution in [1.29, 1.82) is 0 Å². The SMILES string of the molecule is Cl.c1cncc([C@H]2CCN2)c1. The van der Waals surface area contributed by atoms with E-state index in [0.29, 0.717) is 6.04 Å². The summed E-state index contributed by atoms with van der Waals surface area (Å²) in [6.45, 7) is 1.15. The number of hydrogen-bond donors (Lipinski definition) is 1. The van der Waals surface area contributed by atoms with Crippen molar-refractivity contribution < 1.29 is 0 Å². The molecule has 1 N–H and O–H groups in total. The summed E-state index contributed by atoms with van der Waals surface area (Å²) in [7, 11) is 0. The maximum atomic E-state index is 4.05. The first-order chi connectivity index (χ1) is 4.97. The van der Waals surface area contributed by atoms with Gasteiger partial charge in [-0.15, -0.1) is 12.4 Å². The molecular formula is C8H11ClN2.